The summed E-state index contributed by atoms with van der Waals surface area (Å²) < 4.78 is 6.03. The molecule has 0 spiro atoms. The smallest absolute Gasteiger partial charge is 0.261 e. The molecule has 150 valence electrons. The van der Waals surface area contributed by atoms with Crippen LogP contribution in [0, 0.1) is 6.92 Å². The zero-order valence-corrected chi connectivity index (χ0v) is 16.8. The summed E-state index contributed by atoms with van der Waals surface area (Å²) in [6, 6.07) is 17.7. The van der Waals surface area contributed by atoms with Crippen molar-refractivity contribution in [1.82, 2.24) is 4.98 Å². The van der Waals surface area contributed by atoms with Crippen molar-refractivity contribution in [2.24, 2.45) is 4.99 Å². The number of hydrogen-bond acceptors (Lipinski definition) is 5. The summed E-state index contributed by atoms with van der Waals surface area (Å²) in [4.78, 5) is 21.9. The zero-order chi connectivity index (χ0) is 21.1. The van der Waals surface area contributed by atoms with Gasteiger partial charge >= 0.3 is 0 Å². The number of carbonyl (C=O) groups excluding carboxylic acids is 1. The number of amides is 1. The molecular formula is C23H18ClN3O3. The van der Waals surface area contributed by atoms with Crippen LogP contribution in [0.15, 0.2) is 76.3 Å². The number of carbonyl (C=O) groups is 1. The van der Waals surface area contributed by atoms with Gasteiger partial charge in [-0.1, -0.05) is 29.8 Å². The van der Waals surface area contributed by atoms with E-state index in [0.29, 0.717) is 38.6 Å². The van der Waals surface area contributed by atoms with Gasteiger partial charge in [-0.2, -0.15) is 0 Å². The fourth-order valence-corrected chi connectivity index (χ4v) is 3.14. The second kappa shape index (κ2) is 8.49. The lowest BCUT2D eigenvalue weighted by molar-refractivity contribution is 0.102. The molecule has 2 N–H and O–H groups in total. The molecule has 1 amide bonds. The number of anilines is 1. The van der Waals surface area contributed by atoms with Crippen molar-refractivity contribution >= 4 is 39.9 Å². The van der Waals surface area contributed by atoms with E-state index in [4.69, 9.17) is 16.0 Å². The number of hydrogen-bond donors (Lipinski definition) is 2. The highest BCUT2D eigenvalue weighted by atomic mass is 35.5. The fraction of sp³-hybridized carbons (Fsp3) is 0.0870. The van der Waals surface area contributed by atoms with E-state index >= 15 is 0 Å². The van der Waals surface area contributed by atoms with Gasteiger partial charge in [-0.3, -0.25) is 9.78 Å². The number of aryl methyl sites for hydroxylation is 1. The standard InChI is InChI=1S/C23H18ClN3O3/c1-14-21-19(15(13-28)12-25-14)11-20(22(29)26-18-9-7-16(24)8-10-18)23(30-21)27-17-5-3-2-4-6-17/h2-12,28H,13H2,1H3,(H,26,29). The van der Waals surface area contributed by atoms with Crippen LogP contribution in [0.3, 0.4) is 0 Å². The summed E-state index contributed by atoms with van der Waals surface area (Å²) in [5, 5.41) is 13.7. The molecule has 4 rings (SSSR count). The number of nitrogens with zero attached hydrogens (tertiary/aromatic N) is 2. The minimum Gasteiger partial charge on any atom is -0.436 e. The van der Waals surface area contributed by atoms with Gasteiger partial charge in [0.15, 0.2) is 5.58 Å². The van der Waals surface area contributed by atoms with Crippen LogP contribution in [0.2, 0.25) is 5.02 Å². The lowest BCUT2D eigenvalue weighted by Gasteiger charge is -2.10. The number of aliphatic hydroxyl groups excluding tert-OH is 1. The van der Waals surface area contributed by atoms with Gasteiger partial charge < -0.3 is 14.8 Å². The van der Waals surface area contributed by atoms with E-state index in [2.05, 4.69) is 15.3 Å². The summed E-state index contributed by atoms with van der Waals surface area (Å²) in [5.41, 5.74) is 3.29. The van der Waals surface area contributed by atoms with Gasteiger partial charge in [-0.15, -0.1) is 0 Å². The maximum absolute atomic E-state index is 13.1. The molecule has 7 heteroatoms. The van der Waals surface area contributed by atoms with E-state index < -0.39 is 5.91 Å². The number of aromatic nitrogens is 1. The van der Waals surface area contributed by atoms with Crippen LogP contribution in [-0.4, -0.2) is 16.0 Å². The van der Waals surface area contributed by atoms with E-state index in [0.717, 1.165) is 0 Å². The predicted molar refractivity (Wildman–Crippen MR) is 116 cm³/mol. The molecule has 0 aliphatic carbocycles. The van der Waals surface area contributed by atoms with Gasteiger partial charge in [-0.25, -0.2) is 4.99 Å². The highest BCUT2D eigenvalue weighted by Gasteiger charge is 2.16. The Morgan fingerprint density at radius 3 is 2.60 bits per heavy atom. The number of para-hydroxylation sites is 1. The molecule has 2 aromatic heterocycles. The highest BCUT2D eigenvalue weighted by molar-refractivity contribution is 6.30. The predicted octanol–water partition coefficient (Wildman–Crippen LogP) is 4.77. The quantitative estimate of drug-likeness (QED) is 0.499. The molecule has 2 heterocycles. The first kappa shape index (κ1) is 19.8. The Bertz CT molecular complexity index is 1280. The number of fused-ring (bicyclic) bond motifs is 1. The van der Waals surface area contributed by atoms with Crippen molar-refractivity contribution in [1.29, 1.82) is 0 Å². The largest absolute Gasteiger partial charge is 0.436 e. The van der Waals surface area contributed by atoms with Crippen LogP contribution in [0.1, 0.15) is 21.6 Å². The number of pyridine rings is 1. The molecule has 0 saturated carbocycles. The van der Waals surface area contributed by atoms with Crippen molar-refractivity contribution in [3.63, 3.8) is 0 Å². The van der Waals surface area contributed by atoms with Crippen molar-refractivity contribution in [3.8, 4) is 0 Å². The van der Waals surface area contributed by atoms with Crippen LogP contribution < -0.4 is 10.9 Å². The number of halogens is 1. The summed E-state index contributed by atoms with van der Waals surface area (Å²) in [6.07, 6.45) is 1.57. The monoisotopic (exact) mass is 419 g/mol. The lowest BCUT2D eigenvalue weighted by atomic mass is 10.1. The number of aliphatic hydroxyl groups is 1. The average Bonchev–Trinajstić information content (AvgIpc) is 2.76. The number of benzene rings is 2. The van der Waals surface area contributed by atoms with Crippen LogP contribution >= 0.6 is 11.6 Å². The molecule has 0 bridgehead atoms. The van der Waals surface area contributed by atoms with Crippen LogP contribution in [0.5, 0.6) is 0 Å². The number of rotatable bonds is 4. The molecule has 0 unspecified atom stereocenters. The molecular weight excluding hydrogens is 402 g/mol. The molecule has 4 aromatic rings. The third-order valence-electron chi connectivity index (χ3n) is 4.55. The Hall–Kier alpha value is -3.48. The topological polar surface area (TPSA) is 87.7 Å². The normalized spacial score (nSPS) is 11.6. The molecule has 6 nitrogen and oxygen atoms in total. The first-order chi connectivity index (χ1) is 14.5. The summed E-state index contributed by atoms with van der Waals surface area (Å²) in [7, 11) is 0. The van der Waals surface area contributed by atoms with Crippen LogP contribution in [-0.2, 0) is 6.61 Å². The summed E-state index contributed by atoms with van der Waals surface area (Å²) in [6.45, 7) is 1.57. The summed E-state index contributed by atoms with van der Waals surface area (Å²) in [5.74, 6) is -0.393. The van der Waals surface area contributed by atoms with E-state index in [-0.39, 0.29) is 17.7 Å². The second-order valence-electron chi connectivity index (χ2n) is 6.64. The maximum Gasteiger partial charge on any atom is 0.261 e. The van der Waals surface area contributed by atoms with Gasteiger partial charge in [0.2, 0.25) is 5.55 Å². The van der Waals surface area contributed by atoms with Crippen LogP contribution in [0.25, 0.3) is 11.0 Å². The Kier molecular flexibility index (Phi) is 5.61. The SMILES string of the molecule is Cc1ncc(CO)c2cc(C(=O)Nc3ccc(Cl)cc3)c(=Nc3ccccc3)oc12. The van der Waals surface area contributed by atoms with Crippen molar-refractivity contribution in [2.45, 2.75) is 13.5 Å². The van der Waals surface area contributed by atoms with Crippen LogP contribution in [0.4, 0.5) is 11.4 Å². The Labute approximate surface area is 177 Å². The molecule has 0 fully saturated rings. The highest BCUT2D eigenvalue weighted by Crippen LogP contribution is 2.22. The minimum atomic E-state index is -0.393. The molecule has 0 atom stereocenters. The Morgan fingerprint density at radius 2 is 1.90 bits per heavy atom. The Balaban J connectivity index is 1.90. The lowest BCUT2D eigenvalue weighted by Crippen LogP contribution is -2.22. The third kappa shape index (κ3) is 4.10. The second-order valence-corrected chi connectivity index (χ2v) is 7.08. The van der Waals surface area contributed by atoms with Gasteiger partial charge in [0, 0.05) is 27.9 Å². The van der Waals surface area contributed by atoms with Gasteiger partial charge in [-0.05, 0) is 49.4 Å². The van der Waals surface area contributed by atoms with E-state index in [1.165, 1.54) is 0 Å². The molecule has 0 saturated heterocycles. The molecule has 2 aromatic carbocycles. The summed E-state index contributed by atoms with van der Waals surface area (Å²) >= 11 is 5.92. The molecule has 0 aliphatic heterocycles. The van der Waals surface area contributed by atoms with Crippen molar-refractivity contribution in [2.75, 3.05) is 5.32 Å². The fourth-order valence-electron chi connectivity index (χ4n) is 3.01. The maximum atomic E-state index is 13.1. The van der Waals surface area contributed by atoms with Gasteiger partial charge in [0.1, 0.15) is 5.56 Å². The zero-order valence-electron chi connectivity index (χ0n) is 16.1. The first-order valence-corrected chi connectivity index (χ1v) is 9.63. The minimum absolute atomic E-state index is 0.153. The first-order valence-electron chi connectivity index (χ1n) is 9.25. The molecule has 0 radical (unpaired) electrons. The molecule has 0 aliphatic rings. The number of nitrogens with one attached hydrogen (secondary N) is 1. The average molecular weight is 420 g/mol. The van der Waals surface area contributed by atoms with E-state index in [1.807, 2.05) is 30.3 Å². The van der Waals surface area contributed by atoms with Crippen molar-refractivity contribution < 1.29 is 14.3 Å². The van der Waals surface area contributed by atoms with Crippen molar-refractivity contribution in [3.05, 3.63) is 94.3 Å². The van der Waals surface area contributed by atoms with Gasteiger partial charge in [0.25, 0.3) is 5.91 Å². The molecule has 30 heavy (non-hydrogen) atoms. The Morgan fingerprint density at radius 1 is 1.17 bits per heavy atom. The van der Waals surface area contributed by atoms with E-state index in [9.17, 15) is 9.90 Å². The van der Waals surface area contributed by atoms with Gasteiger partial charge in [0.05, 0.1) is 18.0 Å². The third-order valence-corrected chi connectivity index (χ3v) is 4.81. The van der Waals surface area contributed by atoms with E-state index in [1.54, 1.807) is 43.5 Å².